The Balaban J connectivity index is 1.42. The van der Waals surface area contributed by atoms with Crippen molar-refractivity contribution in [2.24, 2.45) is 11.7 Å². The van der Waals surface area contributed by atoms with Crippen molar-refractivity contribution in [1.82, 2.24) is 29.5 Å². The summed E-state index contributed by atoms with van der Waals surface area (Å²) in [6, 6.07) is 1.97. The first-order valence-corrected chi connectivity index (χ1v) is 13.1. The second-order valence-corrected chi connectivity index (χ2v) is 10.2. The molecule has 3 aromatic rings. The van der Waals surface area contributed by atoms with E-state index >= 15 is 0 Å². The van der Waals surface area contributed by atoms with Gasteiger partial charge in [-0.25, -0.2) is 14.5 Å². The third kappa shape index (κ3) is 6.27. The zero-order valence-electron chi connectivity index (χ0n) is 22.4. The van der Waals surface area contributed by atoms with Crippen LogP contribution in [0.3, 0.4) is 0 Å². The molecule has 1 saturated heterocycles. The van der Waals surface area contributed by atoms with E-state index in [-0.39, 0.29) is 11.9 Å². The fourth-order valence-electron chi connectivity index (χ4n) is 4.66. The number of hydrogen-bond acceptors (Lipinski definition) is 9. The standard InChI is InChI=1S/C26H39N9O2/c1-5-6-11-37-26-31-22(28)24-30-16-20(35(24)32-26)14-19-13-18(4)23(29-15-19)33-7-9-34(10-8-33)25(36)21(27)12-17(2)3/h13,15-17,21H,5-12,14,27H2,1-4H3,(H2,28,31,32). The molecule has 0 bridgehead atoms. The molecule has 200 valence electrons. The minimum atomic E-state index is -0.426. The number of imidazole rings is 1. The minimum Gasteiger partial charge on any atom is -0.462 e. The van der Waals surface area contributed by atoms with E-state index < -0.39 is 6.04 Å². The van der Waals surface area contributed by atoms with Crippen LogP contribution in [0.5, 0.6) is 6.01 Å². The molecular weight excluding hydrogens is 470 g/mol. The number of carbonyl (C=O) groups is 1. The predicted octanol–water partition coefficient (Wildman–Crippen LogP) is 2.20. The van der Waals surface area contributed by atoms with E-state index in [4.69, 9.17) is 21.2 Å². The summed E-state index contributed by atoms with van der Waals surface area (Å²) in [4.78, 5) is 30.2. The molecule has 4 N–H and O–H groups in total. The largest absolute Gasteiger partial charge is 0.462 e. The first-order chi connectivity index (χ1) is 17.8. The van der Waals surface area contributed by atoms with Crippen molar-refractivity contribution >= 4 is 23.2 Å². The highest BCUT2D eigenvalue weighted by Gasteiger charge is 2.26. The van der Waals surface area contributed by atoms with Crippen LogP contribution in [0.15, 0.2) is 18.5 Å². The van der Waals surface area contributed by atoms with Crippen molar-refractivity contribution in [3.8, 4) is 6.01 Å². The van der Waals surface area contributed by atoms with Gasteiger partial charge in [0.25, 0.3) is 0 Å². The Labute approximate surface area is 218 Å². The Bertz CT molecular complexity index is 1220. The lowest BCUT2D eigenvalue weighted by atomic mass is 10.0. The molecule has 1 fully saturated rings. The number of hydrogen-bond donors (Lipinski definition) is 2. The van der Waals surface area contributed by atoms with Gasteiger partial charge in [0.15, 0.2) is 11.5 Å². The van der Waals surface area contributed by atoms with Gasteiger partial charge in [-0.15, -0.1) is 5.10 Å². The van der Waals surface area contributed by atoms with E-state index in [1.54, 1.807) is 10.7 Å². The van der Waals surface area contributed by atoms with Crippen LogP contribution in [0.2, 0.25) is 0 Å². The number of pyridine rings is 1. The van der Waals surface area contributed by atoms with Crippen LogP contribution in [0.1, 0.15) is 56.9 Å². The second kappa shape index (κ2) is 11.7. The molecule has 1 aliphatic heterocycles. The summed E-state index contributed by atoms with van der Waals surface area (Å²) in [5, 5.41) is 4.50. The lowest BCUT2D eigenvalue weighted by Crippen LogP contribution is -2.53. The smallest absolute Gasteiger partial charge is 0.336 e. The Morgan fingerprint density at radius 3 is 2.59 bits per heavy atom. The monoisotopic (exact) mass is 509 g/mol. The number of ether oxygens (including phenoxy) is 1. The number of carbonyl (C=O) groups excluding carboxylic acids is 1. The number of nitrogens with two attached hydrogens (primary N) is 2. The molecule has 1 unspecified atom stereocenters. The number of amides is 1. The van der Waals surface area contributed by atoms with Crippen molar-refractivity contribution in [2.45, 2.75) is 59.4 Å². The number of anilines is 2. The number of unbranched alkanes of at least 4 members (excludes halogenated alkanes) is 1. The molecule has 4 heterocycles. The van der Waals surface area contributed by atoms with Crippen molar-refractivity contribution in [3.05, 3.63) is 35.3 Å². The van der Waals surface area contributed by atoms with Crippen LogP contribution in [0.25, 0.3) is 5.65 Å². The number of fused-ring (bicyclic) bond motifs is 1. The quantitative estimate of drug-likeness (QED) is 0.393. The maximum absolute atomic E-state index is 12.7. The summed E-state index contributed by atoms with van der Waals surface area (Å²) in [7, 11) is 0. The Kier molecular flexibility index (Phi) is 8.42. The molecule has 11 heteroatoms. The van der Waals surface area contributed by atoms with Crippen LogP contribution in [-0.2, 0) is 11.2 Å². The Morgan fingerprint density at radius 2 is 1.92 bits per heavy atom. The van der Waals surface area contributed by atoms with Gasteiger partial charge in [0.2, 0.25) is 5.91 Å². The fraction of sp³-hybridized carbons (Fsp3) is 0.577. The van der Waals surface area contributed by atoms with E-state index in [1.807, 2.05) is 11.1 Å². The summed E-state index contributed by atoms with van der Waals surface area (Å²) < 4.78 is 7.37. The van der Waals surface area contributed by atoms with Crippen LogP contribution in [0.4, 0.5) is 11.6 Å². The lowest BCUT2D eigenvalue weighted by Gasteiger charge is -2.37. The van der Waals surface area contributed by atoms with E-state index in [1.165, 1.54) is 0 Å². The van der Waals surface area contributed by atoms with Gasteiger partial charge in [-0.1, -0.05) is 33.3 Å². The van der Waals surface area contributed by atoms with Crippen LogP contribution in [-0.4, -0.2) is 74.2 Å². The average Bonchev–Trinajstić information content (AvgIpc) is 3.26. The SMILES string of the molecule is CCCCOc1nc(N)c2ncc(Cc3cnc(N4CCN(C(=O)C(N)CC(C)C)CC4)c(C)c3)n2n1. The maximum Gasteiger partial charge on any atom is 0.336 e. The third-order valence-corrected chi connectivity index (χ3v) is 6.59. The van der Waals surface area contributed by atoms with Crippen LogP contribution < -0.4 is 21.1 Å². The molecule has 0 saturated carbocycles. The lowest BCUT2D eigenvalue weighted by molar-refractivity contribution is -0.133. The van der Waals surface area contributed by atoms with Gasteiger partial charge in [-0.3, -0.25) is 4.79 Å². The summed E-state index contributed by atoms with van der Waals surface area (Å²) in [6.45, 7) is 11.7. The molecule has 1 aliphatic rings. The number of piperazine rings is 1. The van der Waals surface area contributed by atoms with Gasteiger partial charge in [-0.2, -0.15) is 4.98 Å². The van der Waals surface area contributed by atoms with E-state index in [0.29, 0.717) is 49.9 Å². The third-order valence-electron chi connectivity index (χ3n) is 6.59. The van der Waals surface area contributed by atoms with Gasteiger partial charge < -0.3 is 26.0 Å². The highest BCUT2D eigenvalue weighted by atomic mass is 16.5. The van der Waals surface area contributed by atoms with Crippen LogP contribution in [0, 0.1) is 12.8 Å². The topological polar surface area (TPSA) is 141 Å². The molecular formula is C26H39N9O2. The number of aryl methyl sites for hydroxylation is 1. The molecule has 1 atom stereocenters. The summed E-state index contributed by atoms with van der Waals surface area (Å²) in [6.07, 6.45) is 6.90. The molecule has 0 aliphatic carbocycles. The molecule has 3 aromatic heterocycles. The maximum atomic E-state index is 12.7. The number of nitrogens with zero attached hydrogens (tertiary/aromatic N) is 7. The zero-order chi connectivity index (χ0) is 26.5. The van der Waals surface area contributed by atoms with E-state index in [2.05, 4.69) is 53.7 Å². The molecule has 4 rings (SSSR count). The number of aromatic nitrogens is 5. The first-order valence-electron chi connectivity index (χ1n) is 13.1. The van der Waals surface area contributed by atoms with E-state index in [9.17, 15) is 4.79 Å². The second-order valence-electron chi connectivity index (χ2n) is 10.2. The minimum absolute atomic E-state index is 0.0461. The molecule has 37 heavy (non-hydrogen) atoms. The van der Waals surface area contributed by atoms with Crippen molar-refractivity contribution in [2.75, 3.05) is 43.4 Å². The van der Waals surface area contributed by atoms with Gasteiger partial charge in [-0.05, 0) is 36.8 Å². The number of nitrogen functional groups attached to an aromatic ring is 1. The summed E-state index contributed by atoms with van der Waals surface area (Å²) >= 11 is 0. The normalized spacial score (nSPS) is 15.0. The molecule has 0 spiro atoms. The molecule has 0 radical (unpaired) electrons. The van der Waals surface area contributed by atoms with Gasteiger partial charge in [0.1, 0.15) is 5.82 Å². The molecule has 0 aromatic carbocycles. The zero-order valence-corrected chi connectivity index (χ0v) is 22.4. The van der Waals surface area contributed by atoms with Crippen molar-refractivity contribution in [3.63, 3.8) is 0 Å². The van der Waals surface area contributed by atoms with Crippen molar-refractivity contribution in [1.29, 1.82) is 0 Å². The summed E-state index contributed by atoms with van der Waals surface area (Å²) in [5.74, 6) is 1.68. The van der Waals surface area contributed by atoms with Gasteiger partial charge in [0, 0.05) is 38.8 Å². The number of rotatable bonds is 10. The fourth-order valence-corrected chi connectivity index (χ4v) is 4.66. The summed E-state index contributed by atoms with van der Waals surface area (Å²) in [5.41, 5.74) is 15.7. The van der Waals surface area contributed by atoms with Crippen LogP contribution >= 0.6 is 0 Å². The van der Waals surface area contributed by atoms with Gasteiger partial charge in [0.05, 0.1) is 24.5 Å². The molecule has 1 amide bonds. The average molecular weight is 510 g/mol. The van der Waals surface area contributed by atoms with E-state index in [0.717, 1.165) is 48.6 Å². The first kappa shape index (κ1) is 26.6. The van der Waals surface area contributed by atoms with Crippen molar-refractivity contribution < 1.29 is 9.53 Å². The van der Waals surface area contributed by atoms with Gasteiger partial charge >= 0.3 is 6.01 Å². The Morgan fingerprint density at radius 1 is 1.16 bits per heavy atom. The predicted molar refractivity (Wildman–Crippen MR) is 144 cm³/mol. The highest BCUT2D eigenvalue weighted by molar-refractivity contribution is 5.82. The molecule has 11 nitrogen and oxygen atoms in total. The Hall–Kier alpha value is -3.47. The highest BCUT2D eigenvalue weighted by Crippen LogP contribution is 2.23.